The van der Waals surface area contributed by atoms with E-state index in [1.165, 1.54) is 0 Å². The number of methoxy groups -OCH3 is 1. The van der Waals surface area contributed by atoms with E-state index in [1.54, 1.807) is 25.3 Å². The molecule has 0 spiro atoms. The minimum Gasteiger partial charge on any atom is -0.497 e. The summed E-state index contributed by atoms with van der Waals surface area (Å²) in [6.45, 7) is 0.404. The molecule has 0 atom stereocenters. The van der Waals surface area contributed by atoms with Crippen LogP contribution in [0.4, 0.5) is 5.69 Å². The van der Waals surface area contributed by atoms with E-state index in [2.05, 4.69) is 10.6 Å². The predicted molar refractivity (Wildman–Crippen MR) is 93.8 cm³/mol. The first kappa shape index (κ1) is 18.0. The average molecular weight is 337 g/mol. The number of nitriles is 1. The molecule has 0 saturated carbocycles. The van der Waals surface area contributed by atoms with Gasteiger partial charge in [-0.1, -0.05) is 24.3 Å². The van der Waals surface area contributed by atoms with Gasteiger partial charge in [-0.25, -0.2) is 0 Å². The van der Waals surface area contributed by atoms with E-state index < -0.39 is 0 Å². The summed E-state index contributed by atoms with van der Waals surface area (Å²) in [5, 5.41) is 13.9. The van der Waals surface area contributed by atoms with Crippen molar-refractivity contribution in [2.45, 2.75) is 19.4 Å². The quantitative estimate of drug-likeness (QED) is 0.811. The van der Waals surface area contributed by atoms with Gasteiger partial charge in [0, 0.05) is 12.2 Å². The molecule has 6 nitrogen and oxygen atoms in total. The van der Waals surface area contributed by atoms with Crippen molar-refractivity contribution in [1.82, 2.24) is 5.32 Å². The zero-order valence-electron chi connectivity index (χ0n) is 13.9. The SMILES string of the molecule is COc1ccc(CC(=O)NCc2ccc(NC(=O)CC#N)cc2)cc1. The van der Waals surface area contributed by atoms with Crippen molar-refractivity contribution in [3.8, 4) is 11.8 Å². The van der Waals surface area contributed by atoms with Crippen LogP contribution in [0, 0.1) is 11.3 Å². The van der Waals surface area contributed by atoms with Crippen LogP contribution in [-0.2, 0) is 22.6 Å². The van der Waals surface area contributed by atoms with E-state index >= 15 is 0 Å². The van der Waals surface area contributed by atoms with Gasteiger partial charge in [0.2, 0.25) is 11.8 Å². The second kappa shape index (κ2) is 9.08. The Morgan fingerprint density at radius 2 is 1.64 bits per heavy atom. The molecule has 0 aliphatic rings. The lowest BCUT2D eigenvalue weighted by Gasteiger charge is -2.08. The van der Waals surface area contributed by atoms with Crippen molar-refractivity contribution in [1.29, 1.82) is 5.26 Å². The number of benzene rings is 2. The minimum absolute atomic E-state index is 0.0726. The average Bonchev–Trinajstić information content (AvgIpc) is 2.62. The first-order valence-electron chi connectivity index (χ1n) is 7.76. The molecule has 0 fully saturated rings. The van der Waals surface area contributed by atoms with E-state index in [0.29, 0.717) is 18.7 Å². The van der Waals surface area contributed by atoms with Gasteiger partial charge in [0.25, 0.3) is 0 Å². The topological polar surface area (TPSA) is 91.2 Å². The molecule has 128 valence electrons. The molecule has 6 heteroatoms. The molecule has 0 unspecified atom stereocenters. The fourth-order valence-corrected chi connectivity index (χ4v) is 2.17. The molecule has 0 aliphatic carbocycles. The van der Waals surface area contributed by atoms with E-state index in [4.69, 9.17) is 10.00 Å². The third-order valence-electron chi connectivity index (χ3n) is 3.49. The molecule has 2 aromatic rings. The maximum absolute atomic E-state index is 12.0. The van der Waals surface area contributed by atoms with Crippen molar-refractivity contribution < 1.29 is 14.3 Å². The zero-order valence-corrected chi connectivity index (χ0v) is 13.9. The van der Waals surface area contributed by atoms with E-state index in [-0.39, 0.29) is 18.2 Å². The Balaban J connectivity index is 1.81. The molecule has 2 N–H and O–H groups in total. The summed E-state index contributed by atoms with van der Waals surface area (Å²) in [7, 11) is 1.60. The van der Waals surface area contributed by atoms with Crippen molar-refractivity contribution in [2.75, 3.05) is 12.4 Å². The second-order valence-corrected chi connectivity index (χ2v) is 5.38. The van der Waals surface area contributed by atoms with Gasteiger partial charge in [0.05, 0.1) is 19.6 Å². The molecule has 0 aromatic heterocycles. The van der Waals surface area contributed by atoms with Crippen LogP contribution >= 0.6 is 0 Å². The Labute approximate surface area is 146 Å². The second-order valence-electron chi connectivity index (χ2n) is 5.38. The Kier molecular flexibility index (Phi) is 6.55. The van der Waals surface area contributed by atoms with Gasteiger partial charge in [-0.3, -0.25) is 9.59 Å². The standard InChI is InChI=1S/C19H19N3O3/c1-25-17-8-4-14(5-9-17)12-19(24)21-13-15-2-6-16(7-3-15)22-18(23)10-11-20/h2-9H,10,12-13H2,1H3,(H,21,24)(H,22,23). The predicted octanol–water partition coefficient (Wildman–Crippen LogP) is 2.41. The molecule has 0 radical (unpaired) electrons. The van der Waals surface area contributed by atoms with Crippen LogP contribution in [0.25, 0.3) is 0 Å². The van der Waals surface area contributed by atoms with E-state index in [1.807, 2.05) is 36.4 Å². The fourth-order valence-electron chi connectivity index (χ4n) is 2.17. The molecule has 2 aromatic carbocycles. The molecule has 0 heterocycles. The third kappa shape index (κ3) is 5.99. The van der Waals surface area contributed by atoms with Crippen LogP contribution < -0.4 is 15.4 Å². The summed E-state index contributed by atoms with van der Waals surface area (Å²) in [5.41, 5.74) is 2.45. The van der Waals surface area contributed by atoms with Crippen molar-refractivity contribution in [3.63, 3.8) is 0 Å². The fraction of sp³-hybridized carbons (Fsp3) is 0.211. The Morgan fingerprint density at radius 1 is 1.00 bits per heavy atom. The number of hydrogen-bond acceptors (Lipinski definition) is 4. The largest absolute Gasteiger partial charge is 0.497 e. The highest BCUT2D eigenvalue weighted by Crippen LogP contribution is 2.12. The summed E-state index contributed by atoms with van der Waals surface area (Å²) in [4.78, 5) is 23.3. The van der Waals surface area contributed by atoms with Gasteiger partial charge in [-0.15, -0.1) is 0 Å². The maximum atomic E-state index is 12.0. The van der Waals surface area contributed by atoms with Gasteiger partial charge in [0.15, 0.2) is 0 Å². The number of anilines is 1. The molecular formula is C19H19N3O3. The van der Waals surface area contributed by atoms with Crippen LogP contribution in [0.1, 0.15) is 17.5 Å². The maximum Gasteiger partial charge on any atom is 0.238 e. The lowest BCUT2D eigenvalue weighted by molar-refractivity contribution is -0.120. The molecule has 2 amide bonds. The number of ether oxygens (including phenoxy) is 1. The first-order chi connectivity index (χ1) is 12.1. The van der Waals surface area contributed by atoms with Crippen LogP contribution in [0.2, 0.25) is 0 Å². The van der Waals surface area contributed by atoms with Crippen LogP contribution in [0.3, 0.4) is 0 Å². The molecular weight excluding hydrogens is 318 g/mol. The summed E-state index contributed by atoms with van der Waals surface area (Å²) < 4.78 is 5.08. The number of rotatable bonds is 7. The number of amides is 2. The number of carbonyl (C=O) groups is 2. The van der Waals surface area contributed by atoms with Gasteiger partial charge in [-0.05, 0) is 35.4 Å². The Morgan fingerprint density at radius 3 is 2.24 bits per heavy atom. The number of hydrogen-bond donors (Lipinski definition) is 2. The van der Waals surface area contributed by atoms with Crippen LogP contribution in [0.5, 0.6) is 5.75 Å². The van der Waals surface area contributed by atoms with Crippen LogP contribution in [0.15, 0.2) is 48.5 Å². The van der Waals surface area contributed by atoms with Crippen molar-refractivity contribution in [2.24, 2.45) is 0 Å². The molecule has 2 rings (SSSR count). The lowest BCUT2D eigenvalue weighted by Crippen LogP contribution is -2.24. The van der Waals surface area contributed by atoms with Gasteiger partial charge < -0.3 is 15.4 Å². The highest BCUT2D eigenvalue weighted by Gasteiger charge is 2.05. The summed E-state index contributed by atoms with van der Waals surface area (Å²) >= 11 is 0. The van der Waals surface area contributed by atoms with E-state index in [0.717, 1.165) is 16.9 Å². The number of nitrogens with zero attached hydrogens (tertiary/aromatic N) is 1. The number of nitrogens with one attached hydrogen (secondary N) is 2. The molecule has 0 bridgehead atoms. The summed E-state index contributed by atoms with van der Waals surface area (Å²) in [6, 6.07) is 16.3. The molecule has 25 heavy (non-hydrogen) atoms. The lowest BCUT2D eigenvalue weighted by atomic mass is 10.1. The number of carbonyl (C=O) groups excluding carboxylic acids is 2. The minimum atomic E-state index is -0.344. The van der Waals surface area contributed by atoms with Crippen molar-refractivity contribution >= 4 is 17.5 Å². The monoisotopic (exact) mass is 337 g/mol. The smallest absolute Gasteiger partial charge is 0.238 e. The summed E-state index contributed by atoms with van der Waals surface area (Å²) in [5.74, 6) is 0.339. The third-order valence-corrected chi connectivity index (χ3v) is 3.49. The Hall–Kier alpha value is -3.33. The van der Waals surface area contributed by atoms with Crippen LogP contribution in [-0.4, -0.2) is 18.9 Å². The van der Waals surface area contributed by atoms with Gasteiger partial charge in [0.1, 0.15) is 12.2 Å². The van der Waals surface area contributed by atoms with Gasteiger partial charge >= 0.3 is 0 Å². The highest BCUT2D eigenvalue weighted by molar-refractivity contribution is 5.92. The first-order valence-corrected chi connectivity index (χ1v) is 7.76. The highest BCUT2D eigenvalue weighted by atomic mass is 16.5. The normalized spacial score (nSPS) is 9.76. The van der Waals surface area contributed by atoms with Crippen molar-refractivity contribution in [3.05, 3.63) is 59.7 Å². The zero-order chi connectivity index (χ0) is 18.1. The molecule has 0 aliphatic heterocycles. The van der Waals surface area contributed by atoms with Gasteiger partial charge in [-0.2, -0.15) is 5.26 Å². The summed E-state index contributed by atoms with van der Waals surface area (Å²) in [6.07, 6.45) is 0.121. The van der Waals surface area contributed by atoms with E-state index in [9.17, 15) is 9.59 Å². The molecule has 0 saturated heterocycles. The Bertz CT molecular complexity index is 762.